The van der Waals surface area contributed by atoms with Gasteiger partial charge in [-0.1, -0.05) is 0 Å². The van der Waals surface area contributed by atoms with Crippen LogP contribution in [0.25, 0.3) is 0 Å². The number of thiophene rings is 1. The van der Waals surface area contributed by atoms with Crippen molar-refractivity contribution >= 4 is 29.0 Å². The Labute approximate surface area is 167 Å². The van der Waals surface area contributed by atoms with Gasteiger partial charge >= 0.3 is 5.97 Å². The van der Waals surface area contributed by atoms with Gasteiger partial charge in [0.2, 0.25) is 5.78 Å². The Hall–Kier alpha value is -2.54. The van der Waals surface area contributed by atoms with Gasteiger partial charge in [-0.05, 0) is 57.0 Å². The van der Waals surface area contributed by atoms with Crippen molar-refractivity contribution in [1.82, 2.24) is 4.90 Å². The van der Waals surface area contributed by atoms with Crippen LogP contribution in [0.4, 0.5) is 4.39 Å². The predicted molar refractivity (Wildman–Crippen MR) is 104 cm³/mol. The lowest BCUT2D eigenvalue weighted by Gasteiger charge is -2.31. The summed E-state index contributed by atoms with van der Waals surface area (Å²) >= 11 is 1.54. The summed E-state index contributed by atoms with van der Waals surface area (Å²) in [4.78, 5) is 40.6. The molecule has 5 nitrogen and oxygen atoms in total. The maximum Gasteiger partial charge on any atom is 0.309 e. The number of benzene rings is 1. The molecule has 1 saturated heterocycles. The molecule has 0 unspecified atom stereocenters. The van der Waals surface area contributed by atoms with Crippen LogP contribution in [0.15, 0.2) is 30.3 Å². The number of Topliss-reactive ketones (excluding diaryl/α,β-unsaturated/α-hetero) is 1. The number of piperidine rings is 1. The fourth-order valence-electron chi connectivity index (χ4n) is 3.33. The molecule has 1 aromatic carbocycles. The van der Waals surface area contributed by atoms with Crippen molar-refractivity contribution in [2.45, 2.75) is 26.7 Å². The normalized spacial score (nSPS) is 14.8. The van der Waals surface area contributed by atoms with Crippen LogP contribution in [0.5, 0.6) is 0 Å². The SMILES string of the molecule is Cc1cc(C(=O)COC(=O)C2CCN(C(=O)c3ccc(F)cc3)CC2)c(C)s1. The van der Waals surface area contributed by atoms with Gasteiger partial charge in [0.15, 0.2) is 6.61 Å². The Balaban J connectivity index is 1.48. The van der Waals surface area contributed by atoms with Gasteiger partial charge in [0.05, 0.1) is 5.92 Å². The zero-order valence-corrected chi connectivity index (χ0v) is 16.7. The molecule has 1 amide bonds. The lowest BCUT2D eigenvalue weighted by atomic mass is 9.96. The van der Waals surface area contributed by atoms with Crippen LogP contribution in [0.1, 0.15) is 43.3 Å². The molecule has 2 heterocycles. The highest BCUT2D eigenvalue weighted by atomic mass is 32.1. The molecule has 1 aromatic heterocycles. The number of hydrogen-bond donors (Lipinski definition) is 0. The molecule has 0 saturated carbocycles. The van der Waals surface area contributed by atoms with E-state index in [2.05, 4.69) is 0 Å². The summed E-state index contributed by atoms with van der Waals surface area (Å²) < 4.78 is 18.2. The summed E-state index contributed by atoms with van der Waals surface area (Å²) in [5.74, 6) is -1.48. The molecule has 0 aliphatic carbocycles. The third kappa shape index (κ3) is 4.65. The Morgan fingerprint density at radius 1 is 1.14 bits per heavy atom. The molecule has 0 atom stereocenters. The van der Waals surface area contributed by atoms with Crippen LogP contribution in [0.2, 0.25) is 0 Å². The molecular formula is C21H22FNO4S. The van der Waals surface area contributed by atoms with Crippen molar-refractivity contribution in [3.63, 3.8) is 0 Å². The summed E-state index contributed by atoms with van der Waals surface area (Å²) in [6.45, 7) is 4.39. The van der Waals surface area contributed by atoms with Crippen molar-refractivity contribution < 1.29 is 23.5 Å². The van der Waals surface area contributed by atoms with E-state index in [1.54, 1.807) is 16.2 Å². The summed E-state index contributed by atoms with van der Waals surface area (Å²) in [5, 5.41) is 0. The molecule has 1 fully saturated rings. The Kier molecular flexibility index (Phi) is 6.24. The maximum atomic E-state index is 13.0. The molecule has 2 aromatic rings. The number of carbonyl (C=O) groups excluding carboxylic acids is 3. The van der Waals surface area contributed by atoms with Gasteiger partial charge in [0.25, 0.3) is 5.91 Å². The molecule has 28 heavy (non-hydrogen) atoms. The minimum absolute atomic E-state index is 0.176. The lowest BCUT2D eigenvalue weighted by Crippen LogP contribution is -2.40. The van der Waals surface area contributed by atoms with E-state index in [1.807, 2.05) is 19.9 Å². The molecule has 148 valence electrons. The van der Waals surface area contributed by atoms with Gasteiger partial charge in [-0.25, -0.2) is 4.39 Å². The second-order valence-corrected chi connectivity index (χ2v) is 8.39. The minimum Gasteiger partial charge on any atom is -0.457 e. The molecule has 1 aliphatic rings. The second kappa shape index (κ2) is 8.65. The van der Waals surface area contributed by atoms with E-state index in [0.717, 1.165) is 9.75 Å². The number of halogens is 1. The van der Waals surface area contributed by atoms with Crippen LogP contribution < -0.4 is 0 Å². The molecular weight excluding hydrogens is 381 g/mol. The van der Waals surface area contributed by atoms with Crippen molar-refractivity contribution in [2.75, 3.05) is 19.7 Å². The summed E-state index contributed by atoms with van der Waals surface area (Å²) in [6, 6.07) is 7.24. The average molecular weight is 403 g/mol. The molecule has 0 bridgehead atoms. The molecule has 7 heteroatoms. The molecule has 3 rings (SSSR count). The molecule has 0 spiro atoms. The first kappa shape index (κ1) is 20.2. The summed E-state index contributed by atoms with van der Waals surface area (Å²) in [6.07, 6.45) is 0.965. The lowest BCUT2D eigenvalue weighted by molar-refractivity contribution is -0.148. The minimum atomic E-state index is -0.396. The number of esters is 1. The smallest absolute Gasteiger partial charge is 0.309 e. The Morgan fingerprint density at radius 2 is 1.79 bits per heavy atom. The topological polar surface area (TPSA) is 63.7 Å². The maximum absolute atomic E-state index is 13.0. The highest BCUT2D eigenvalue weighted by Gasteiger charge is 2.29. The van der Waals surface area contributed by atoms with E-state index >= 15 is 0 Å². The number of ketones is 1. The van der Waals surface area contributed by atoms with Crippen molar-refractivity contribution in [2.24, 2.45) is 5.92 Å². The van der Waals surface area contributed by atoms with Crippen LogP contribution in [-0.4, -0.2) is 42.3 Å². The first-order valence-corrected chi connectivity index (χ1v) is 9.98. The van der Waals surface area contributed by atoms with Crippen molar-refractivity contribution in [1.29, 1.82) is 0 Å². The summed E-state index contributed by atoms with van der Waals surface area (Å²) in [5.41, 5.74) is 1.03. The third-order valence-corrected chi connectivity index (χ3v) is 5.86. The fraction of sp³-hybridized carbons (Fsp3) is 0.381. The van der Waals surface area contributed by atoms with Crippen LogP contribution in [0.3, 0.4) is 0 Å². The standard InChI is InChI=1S/C21H22FNO4S/c1-13-11-18(14(2)28-13)19(24)12-27-21(26)16-7-9-23(10-8-16)20(25)15-3-5-17(22)6-4-15/h3-6,11,16H,7-10,12H2,1-2H3. The summed E-state index contributed by atoms with van der Waals surface area (Å²) in [7, 11) is 0. The van der Waals surface area contributed by atoms with Gasteiger partial charge in [0, 0.05) is 34.0 Å². The van der Waals surface area contributed by atoms with Gasteiger partial charge in [-0.3, -0.25) is 14.4 Å². The predicted octanol–water partition coefficient (Wildman–Crippen LogP) is 3.78. The molecule has 0 radical (unpaired) electrons. The van der Waals surface area contributed by atoms with E-state index in [1.165, 1.54) is 24.3 Å². The first-order valence-electron chi connectivity index (χ1n) is 9.17. The van der Waals surface area contributed by atoms with E-state index in [9.17, 15) is 18.8 Å². The Morgan fingerprint density at radius 3 is 2.36 bits per heavy atom. The number of carbonyl (C=O) groups is 3. The van der Waals surface area contributed by atoms with Crippen LogP contribution in [-0.2, 0) is 9.53 Å². The number of nitrogens with zero attached hydrogens (tertiary/aromatic N) is 1. The zero-order valence-electron chi connectivity index (χ0n) is 15.9. The van der Waals surface area contributed by atoms with Crippen molar-refractivity contribution in [3.8, 4) is 0 Å². The molecule has 1 aliphatic heterocycles. The Bertz CT molecular complexity index is 882. The third-order valence-electron chi connectivity index (χ3n) is 4.89. The second-order valence-electron chi connectivity index (χ2n) is 6.93. The van der Waals surface area contributed by atoms with E-state index < -0.39 is 5.97 Å². The van der Waals surface area contributed by atoms with Gasteiger partial charge in [-0.2, -0.15) is 0 Å². The first-order chi connectivity index (χ1) is 13.3. The highest BCUT2D eigenvalue weighted by molar-refractivity contribution is 7.12. The van der Waals surface area contributed by atoms with E-state index in [0.29, 0.717) is 37.1 Å². The van der Waals surface area contributed by atoms with Gasteiger partial charge in [-0.15, -0.1) is 11.3 Å². The highest BCUT2D eigenvalue weighted by Crippen LogP contribution is 2.23. The largest absolute Gasteiger partial charge is 0.457 e. The van der Waals surface area contributed by atoms with Crippen LogP contribution in [0, 0.1) is 25.6 Å². The number of ether oxygens (including phenoxy) is 1. The number of likely N-dealkylation sites (tertiary alicyclic amines) is 1. The number of aryl methyl sites for hydroxylation is 2. The van der Waals surface area contributed by atoms with E-state index in [-0.39, 0.29) is 30.0 Å². The van der Waals surface area contributed by atoms with Gasteiger partial charge in [0.1, 0.15) is 5.82 Å². The fourth-order valence-corrected chi connectivity index (χ4v) is 4.28. The number of amides is 1. The van der Waals surface area contributed by atoms with E-state index in [4.69, 9.17) is 4.74 Å². The monoisotopic (exact) mass is 403 g/mol. The van der Waals surface area contributed by atoms with Gasteiger partial charge < -0.3 is 9.64 Å². The number of hydrogen-bond acceptors (Lipinski definition) is 5. The number of rotatable bonds is 5. The molecule has 0 N–H and O–H groups in total. The zero-order chi connectivity index (χ0) is 20.3. The van der Waals surface area contributed by atoms with Crippen LogP contribution >= 0.6 is 11.3 Å². The van der Waals surface area contributed by atoms with Crippen molar-refractivity contribution in [3.05, 3.63) is 57.0 Å². The quantitative estimate of drug-likeness (QED) is 0.563. The average Bonchev–Trinajstić information content (AvgIpc) is 3.04.